The number of hydrogen-bond acceptors (Lipinski definition) is 2. The average molecular weight is 269 g/mol. The predicted octanol–water partition coefficient (Wildman–Crippen LogP) is 2.96. The van der Waals surface area contributed by atoms with Crippen LogP contribution < -0.4 is 5.32 Å². The number of nitrogens with one attached hydrogen (secondary N) is 1. The molecular weight excluding hydrogens is 252 g/mol. The van der Waals surface area contributed by atoms with Crippen molar-refractivity contribution in [3.63, 3.8) is 0 Å². The quantitative estimate of drug-likeness (QED) is 0.888. The Balaban J connectivity index is 1.96. The van der Waals surface area contributed by atoms with Gasteiger partial charge in [0.25, 0.3) is 0 Å². The van der Waals surface area contributed by atoms with Gasteiger partial charge in [0.15, 0.2) is 0 Å². The van der Waals surface area contributed by atoms with Gasteiger partial charge < -0.3 is 10.2 Å². The Bertz CT molecular complexity index is 327. The maximum absolute atomic E-state index is 3.58. The minimum atomic E-state index is 0.595. The molecule has 1 saturated heterocycles. The third kappa shape index (κ3) is 3.21. The van der Waals surface area contributed by atoms with E-state index in [1.165, 1.54) is 25.1 Å². The molecule has 1 aromatic carbocycles. The highest BCUT2D eigenvalue weighted by molar-refractivity contribution is 9.10. The lowest BCUT2D eigenvalue weighted by Gasteiger charge is -2.30. The summed E-state index contributed by atoms with van der Waals surface area (Å²) in [4.78, 5) is 2.39. The molecule has 0 radical (unpaired) electrons. The molecule has 1 heterocycles. The molecule has 1 aromatic rings. The first-order valence-electron chi connectivity index (χ1n) is 5.45. The van der Waals surface area contributed by atoms with Gasteiger partial charge in [0.1, 0.15) is 0 Å². The Labute approximate surface area is 99.8 Å². The lowest BCUT2D eigenvalue weighted by Crippen LogP contribution is -2.39. The van der Waals surface area contributed by atoms with Crippen molar-refractivity contribution in [3.05, 3.63) is 28.7 Å². The maximum Gasteiger partial charge on any atom is 0.0388 e. The summed E-state index contributed by atoms with van der Waals surface area (Å²) in [6.45, 7) is 2.38. The van der Waals surface area contributed by atoms with Gasteiger partial charge in [-0.1, -0.05) is 22.0 Å². The number of piperidine rings is 1. The summed E-state index contributed by atoms with van der Waals surface area (Å²) in [5, 5.41) is 3.58. The van der Waals surface area contributed by atoms with E-state index in [0.717, 1.165) is 11.0 Å². The van der Waals surface area contributed by atoms with Crippen molar-refractivity contribution in [2.45, 2.75) is 18.9 Å². The van der Waals surface area contributed by atoms with Gasteiger partial charge in [-0.15, -0.1) is 0 Å². The molecule has 1 fully saturated rings. The Kier molecular flexibility index (Phi) is 3.65. The van der Waals surface area contributed by atoms with E-state index in [1.807, 2.05) is 0 Å². The second-order valence-electron chi connectivity index (χ2n) is 4.26. The van der Waals surface area contributed by atoms with Crippen molar-refractivity contribution in [1.82, 2.24) is 4.90 Å². The molecule has 1 aliphatic heterocycles. The molecule has 15 heavy (non-hydrogen) atoms. The van der Waals surface area contributed by atoms with Crippen molar-refractivity contribution in [1.29, 1.82) is 0 Å². The van der Waals surface area contributed by atoms with Crippen LogP contribution in [0.1, 0.15) is 12.8 Å². The van der Waals surface area contributed by atoms with Crippen LogP contribution in [-0.4, -0.2) is 31.1 Å². The third-order valence-corrected chi connectivity index (χ3v) is 3.31. The Hall–Kier alpha value is -0.540. The molecular formula is C12H17BrN2. The standard InChI is InChI=1S/C12H17BrN2/c1-15-7-3-6-12(9-15)14-11-5-2-4-10(13)8-11/h2,4-5,8,12,14H,3,6-7,9H2,1H3. The van der Waals surface area contributed by atoms with Gasteiger partial charge in [-0.3, -0.25) is 0 Å². The van der Waals surface area contributed by atoms with Crippen LogP contribution in [0.5, 0.6) is 0 Å². The summed E-state index contributed by atoms with van der Waals surface area (Å²) in [5.74, 6) is 0. The van der Waals surface area contributed by atoms with E-state index in [9.17, 15) is 0 Å². The average Bonchev–Trinajstić information content (AvgIpc) is 2.17. The van der Waals surface area contributed by atoms with Crippen LogP contribution in [0.2, 0.25) is 0 Å². The summed E-state index contributed by atoms with van der Waals surface area (Å²) in [7, 11) is 2.19. The van der Waals surface area contributed by atoms with Crippen LogP contribution in [0.3, 0.4) is 0 Å². The van der Waals surface area contributed by atoms with E-state index < -0.39 is 0 Å². The van der Waals surface area contributed by atoms with E-state index in [1.54, 1.807) is 0 Å². The molecule has 3 heteroatoms. The van der Waals surface area contributed by atoms with Crippen LogP contribution in [0.4, 0.5) is 5.69 Å². The molecule has 1 atom stereocenters. The summed E-state index contributed by atoms with van der Waals surface area (Å²) in [5.41, 5.74) is 1.21. The largest absolute Gasteiger partial charge is 0.381 e. The highest BCUT2D eigenvalue weighted by atomic mass is 79.9. The van der Waals surface area contributed by atoms with Gasteiger partial charge in [0.05, 0.1) is 0 Å². The lowest BCUT2D eigenvalue weighted by molar-refractivity contribution is 0.261. The number of halogens is 1. The number of anilines is 1. The molecule has 82 valence electrons. The zero-order chi connectivity index (χ0) is 10.7. The molecule has 2 nitrogen and oxygen atoms in total. The first-order chi connectivity index (χ1) is 7.24. The Morgan fingerprint density at radius 1 is 1.47 bits per heavy atom. The van der Waals surface area contributed by atoms with E-state index in [4.69, 9.17) is 0 Å². The highest BCUT2D eigenvalue weighted by Crippen LogP contribution is 2.19. The van der Waals surface area contributed by atoms with Crippen molar-refractivity contribution >= 4 is 21.6 Å². The molecule has 1 N–H and O–H groups in total. The van der Waals surface area contributed by atoms with Crippen molar-refractivity contribution < 1.29 is 0 Å². The van der Waals surface area contributed by atoms with E-state index in [0.29, 0.717) is 6.04 Å². The molecule has 0 saturated carbocycles. The summed E-state index contributed by atoms with van der Waals surface area (Å²) in [6.07, 6.45) is 2.57. The first kappa shape index (κ1) is 11.0. The summed E-state index contributed by atoms with van der Waals surface area (Å²) >= 11 is 3.49. The minimum Gasteiger partial charge on any atom is -0.381 e. The van der Waals surface area contributed by atoms with Crippen molar-refractivity contribution in [2.75, 3.05) is 25.5 Å². The van der Waals surface area contributed by atoms with E-state index in [-0.39, 0.29) is 0 Å². The first-order valence-corrected chi connectivity index (χ1v) is 6.24. The predicted molar refractivity (Wildman–Crippen MR) is 68.3 cm³/mol. The zero-order valence-corrected chi connectivity index (χ0v) is 10.6. The van der Waals surface area contributed by atoms with E-state index >= 15 is 0 Å². The van der Waals surface area contributed by atoms with Gasteiger partial charge in [0, 0.05) is 22.7 Å². The fraction of sp³-hybridized carbons (Fsp3) is 0.500. The maximum atomic E-state index is 3.58. The Morgan fingerprint density at radius 2 is 2.33 bits per heavy atom. The SMILES string of the molecule is CN1CCCC(Nc2cccc(Br)c2)C1. The second kappa shape index (κ2) is 4.99. The number of nitrogens with zero attached hydrogens (tertiary/aromatic N) is 1. The number of benzene rings is 1. The van der Waals surface area contributed by atoms with Crippen LogP contribution in [0, 0.1) is 0 Å². The topological polar surface area (TPSA) is 15.3 Å². The number of likely N-dealkylation sites (tertiary alicyclic amines) is 1. The number of rotatable bonds is 2. The van der Waals surface area contributed by atoms with Gasteiger partial charge in [0.2, 0.25) is 0 Å². The molecule has 0 aliphatic carbocycles. The van der Waals surface area contributed by atoms with Crippen LogP contribution >= 0.6 is 15.9 Å². The highest BCUT2D eigenvalue weighted by Gasteiger charge is 2.16. The lowest BCUT2D eigenvalue weighted by atomic mass is 10.1. The fourth-order valence-corrected chi connectivity index (χ4v) is 2.50. The molecule has 1 aliphatic rings. The van der Waals surface area contributed by atoms with Gasteiger partial charge in [-0.25, -0.2) is 0 Å². The van der Waals surface area contributed by atoms with Crippen LogP contribution in [0.25, 0.3) is 0 Å². The normalized spacial score (nSPS) is 22.7. The molecule has 0 amide bonds. The smallest absolute Gasteiger partial charge is 0.0388 e. The van der Waals surface area contributed by atoms with Crippen LogP contribution in [0.15, 0.2) is 28.7 Å². The fourth-order valence-electron chi connectivity index (χ4n) is 2.10. The van der Waals surface area contributed by atoms with Gasteiger partial charge in [-0.05, 0) is 44.6 Å². The summed E-state index contributed by atoms with van der Waals surface area (Å²) < 4.78 is 1.14. The van der Waals surface area contributed by atoms with E-state index in [2.05, 4.69) is 57.5 Å². The van der Waals surface area contributed by atoms with Crippen molar-refractivity contribution in [2.24, 2.45) is 0 Å². The Morgan fingerprint density at radius 3 is 3.07 bits per heavy atom. The minimum absolute atomic E-state index is 0.595. The molecule has 1 unspecified atom stereocenters. The van der Waals surface area contributed by atoms with Gasteiger partial charge >= 0.3 is 0 Å². The number of hydrogen-bond donors (Lipinski definition) is 1. The molecule has 0 spiro atoms. The van der Waals surface area contributed by atoms with Crippen LogP contribution in [-0.2, 0) is 0 Å². The summed E-state index contributed by atoms with van der Waals surface area (Å²) in [6, 6.07) is 8.98. The molecule has 0 bridgehead atoms. The molecule has 0 aromatic heterocycles. The van der Waals surface area contributed by atoms with Crippen molar-refractivity contribution in [3.8, 4) is 0 Å². The monoisotopic (exact) mass is 268 g/mol. The number of likely N-dealkylation sites (N-methyl/N-ethyl adjacent to an activating group) is 1. The molecule has 2 rings (SSSR count). The second-order valence-corrected chi connectivity index (χ2v) is 5.17. The third-order valence-electron chi connectivity index (χ3n) is 2.82. The zero-order valence-electron chi connectivity index (χ0n) is 9.04. The van der Waals surface area contributed by atoms with Gasteiger partial charge in [-0.2, -0.15) is 0 Å².